The Bertz CT molecular complexity index is 1100. The molecule has 0 aliphatic heterocycles. The Morgan fingerprint density at radius 2 is 1.70 bits per heavy atom. The van der Waals surface area contributed by atoms with Crippen LogP contribution in [0.25, 0.3) is 0 Å². The fourth-order valence-corrected chi connectivity index (χ4v) is 3.75. The first-order chi connectivity index (χ1) is 12.7. The second-order valence-corrected chi connectivity index (χ2v) is 9.23. The van der Waals surface area contributed by atoms with E-state index in [1.807, 2.05) is 0 Å². The van der Waals surface area contributed by atoms with Crippen LogP contribution in [0.3, 0.4) is 0 Å². The van der Waals surface area contributed by atoms with Crippen molar-refractivity contribution in [1.29, 1.82) is 0 Å². The molecule has 6 nitrogen and oxygen atoms in total. The van der Waals surface area contributed by atoms with E-state index < -0.39 is 9.84 Å². The van der Waals surface area contributed by atoms with Gasteiger partial charge in [0.15, 0.2) is 15.0 Å². The molecule has 0 saturated heterocycles. The van der Waals surface area contributed by atoms with Crippen molar-refractivity contribution in [2.45, 2.75) is 4.90 Å². The number of sulfone groups is 1. The van der Waals surface area contributed by atoms with Gasteiger partial charge in [-0.05, 0) is 42.5 Å². The number of benzene rings is 2. The topological polar surface area (TPSA) is 88.2 Å². The van der Waals surface area contributed by atoms with Gasteiger partial charge in [-0.15, -0.1) is 11.3 Å². The Kier molecular flexibility index (Phi) is 5.71. The maximum Gasteiger partial charge on any atom is 0.275 e. The molecule has 0 radical (unpaired) electrons. The number of nitrogens with zero attached hydrogens (tertiary/aromatic N) is 1. The lowest BCUT2D eigenvalue weighted by Crippen LogP contribution is -2.12. The van der Waals surface area contributed by atoms with Crippen molar-refractivity contribution >= 4 is 66.8 Å². The van der Waals surface area contributed by atoms with Gasteiger partial charge >= 0.3 is 0 Å². The molecule has 0 aliphatic rings. The number of carbonyl (C=O) groups excluding carboxylic acids is 1. The lowest BCUT2D eigenvalue weighted by atomic mass is 10.3. The van der Waals surface area contributed by atoms with Crippen LogP contribution in [-0.4, -0.2) is 25.6 Å². The number of halogens is 2. The minimum Gasteiger partial charge on any atom is -0.332 e. The van der Waals surface area contributed by atoms with Gasteiger partial charge < -0.3 is 10.6 Å². The first kappa shape index (κ1) is 19.6. The van der Waals surface area contributed by atoms with E-state index in [0.29, 0.717) is 26.6 Å². The molecule has 0 spiro atoms. The van der Waals surface area contributed by atoms with Crippen molar-refractivity contribution in [3.8, 4) is 0 Å². The van der Waals surface area contributed by atoms with Gasteiger partial charge in [0.05, 0.1) is 14.9 Å². The number of hydrogen-bond donors (Lipinski definition) is 2. The van der Waals surface area contributed by atoms with Crippen LogP contribution in [0.15, 0.2) is 52.7 Å². The standard InChI is InChI=1S/C17H13Cl2N3O3S2/c1-27(24,25)12-5-2-10(3-6-12)21-17-22-15(9-26-17)16(23)20-11-4-7-13(18)14(19)8-11/h2-9H,1H3,(H,20,23)(H,21,22). The molecule has 2 N–H and O–H groups in total. The Hall–Kier alpha value is -2.13. The third kappa shape index (κ3) is 4.98. The number of thiazole rings is 1. The van der Waals surface area contributed by atoms with E-state index in [1.54, 1.807) is 35.7 Å². The zero-order chi connectivity index (χ0) is 19.6. The van der Waals surface area contributed by atoms with E-state index in [2.05, 4.69) is 15.6 Å². The predicted octanol–water partition coefficient (Wildman–Crippen LogP) is 4.85. The van der Waals surface area contributed by atoms with Crippen molar-refractivity contribution < 1.29 is 13.2 Å². The second kappa shape index (κ2) is 7.85. The highest BCUT2D eigenvalue weighted by molar-refractivity contribution is 7.90. The predicted molar refractivity (Wildman–Crippen MR) is 109 cm³/mol. The van der Waals surface area contributed by atoms with Gasteiger partial charge in [-0.3, -0.25) is 4.79 Å². The summed E-state index contributed by atoms with van der Waals surface area (Å²) in [5, 5.41) is 8.58. The van der Waals surface area contributed by atoms with Crippen LogP contribution in [0.1, 0.15) is 10.5 Å². The van der Waals surface area contributed by atoms with Gasteiger partial charge in [0.2, 0.25) is 0 Å². The molecular formula is C17H13Cl2N3O3S2. The van der Waals surface area contributed by atoms with Crippen LogP contribution in [0.2, 0.25) is 10.0 Å². The number of nitrogens with one attached hydrogen (secondary N) is 2. The second-order valence-electron chi connectivity index (χ2n) is 5.54. The Morgan fingerprint density at radius 3 is 2.33 bits per heavy atom. The molecule has 3 rings (SSSR count). The first-order valence-electron chi connectivity index (χ1n) is 7.51. The molecule has 0 aliphatic carbocycles. The van der Waals surface area contributed by atoms with Crippen LogP contribution in [0.4, 0.5) is 16.5 Å². The summed E-state index contributed by atoms with van der Waals surface area (Å²) in [6.45, 7) is 0. The highest BCUT2D eigenvalue weighted by atomic mass is 35.5. The summed E-state index contributed by atoms with van der Waals surface area (Å²) < 4.78 is 23.0. The summed E-state index contributed by atoms with van der Waals surface area (Å²) in [6, 6.07) is 11.1. The van der Waals surface area contributed by atoms with Crippen LogP contribution in [0.5, 0.6) is 0 Å². The molecule has 1 heterocycles. The SMILES string of the molecule is CS(=O)(=O)c1ccc(Nc2nc(C(=O)Nc3ccc(Cl)c(Cl)c3)cs2)cc1. The van der Waals surface area contributed by atoms with Gasteiger partial charge in [0, 0.05) is 23.0 Å². The molecule has 1 amide bonds. The number of hydrogen-bond acceptors (Lipinski definition) is 6. The van der Waals surface area contributed by atoms with Crippen molar-refractivity contribution in [2.24, 2.45) is 0 Å². The summed E-state index contributed by atoms with van der Waals surface area (Å²) in [4.78, 5) is 16.8. The first-order valence-corrected chi connectivity index (χ1v) is 11.0. The van der Waals surface area contributed by atoms with Gasteiger partial charge in [-0.1, -0.05) is 23.2 Å². The minimum absolute atomic E-state index is 0.230. The minimum atomic E-state index is -3.25. The van der Waals surface area contributed by atoms with Gasteiger partial charge in [0.1, 0.15) is 5.69 Å². The molecule has 27 heavy (non-hydrogen) atoms. The summed E-state index contributed by atoms with van der Waals surface area (Å²) in [7, 11) is -3.25. The Balaban J connectivity index is 1.68. The zero-order valence-electron chi connectivity index (χ0n) is 13.9. The third-order valence-corrected chi connectivity index (χ3v) is 6.07. The van der Waals surface area contributed by atoms with E-state index in [9.17, 15) is 13.2 Å². The van der Waals surface area contributed by atoms with Crippen LogP contribution < -0.4 is 10.6 Å². The van der Waals surface area contributed by atoms with Gasteiger partial charge in [-0.2, -0.15) is 0 Å². The number of aromatic nitrogens is 1. The normalized spacial score (nSPS) is 11.2. The van der Waals surface area contributed by atoms with Crippen LogP contribution in [-0.2, 0) is 9.84 Å². The average Bonchev–Trinajstić information content (AvgIpc) is 3.06. The molecular weight excluding hydrogens is 429 g/mol. The highest BCUT2D eigenvalue weighted by Gasteiger charge is 2.12. The maximum absolute atomic E-state index is 12.3. The van der Waals surface area contributed by atoms with Gasteiger partial charge in [0.25, 0.3) is 5.91 Å². The smallest absolute Gasteiger partial charge is 0.275 e. The summed E-state index contributed by atoms with van der Waals surface area (Å²) in [6.07, 6.45) is 1.15. The molecule has 1 aromatic heterocycles. The fourth-order valence-electron chi connectivity index (χ4n) is 2.11. The Morgan fingerprint density at radius 1 is 1.04 bits per heavy atom. The van der Waals surface area contributed by atoms with E-state index in [0.717, 1.165) is 6.26 Å². The largest absolute Gasteiger partial charge is 0.332 e. The summed E-state index contributed by atoms with van der Waals surface area (Å²) in [5.41, 5.74) is 1.41. The lowest BCUT2D eigenvalue weighted by molar-refractivity contribution is 0.102. The van der Waals surface area contributed by atoms with E-state index >= 15 is 0 Å². The van der Waals surface area contributed by atoms with E-state index in [4.69, 9.17) is 23.2 Å². The average molecular weight is 442 g/mol. The summed E-state index contributed by atoms with van der Waals surface area (Å²) in [5.74, 6) is -0.384. The molecule has 0 fully saturated rings. The lowest BCUT2D eigenvalue weighted by Gasteiger charge is -2.05. The molecule has 0 bridgehead atoms. The Labute approximate surface area is 170 Å². The summed E-state index contributed by atoms with van der Waals surface area (Å²) >= 11 is 13.0. The van der Waals surface area contributed by atoms with Crippen molar-refractivity contribution in [2.75, 3.05) is 16.9 Å². The maximum atomic E-state index is 12.3. The fraction of sp³-hybridized carbons (Fsp3) is 0.0588. The molecule has 0 atom stereocenters. The molecule has 3 aromatic rings. The third-order valence-electron chi connectivity index (χ3n) is 3.45. The van der Waals surface area contributed by atoms with E-state index in [1.165, 1.54) is 23.5 Å². The molecule has 10 heteroatoms. The molecule has 140 valence electrons. The molecule has 0 saturated carbocycles. The van der Waals surface area contributed by atoms with Gasteiger partial charge in [-0.25, -0.2) is 13.4 Å². The van der Waals surface area contributed by atoms with E-state index in [-0.39, 0.29) is 16.5 Å². The van der Waals surface area contributed by atoms with Crippen LogP contribution >= 0.6 is 34.5 Å². The zero-order valence-corrected chi connectivity index (χ0v) is 17.0. The molecule has 0 unspecified atom stereocenters. The number of rotatable bonds is 5. The van der Waals surface area contributed by atoms with Crippen molar-refractivity contribution in [3.63, 3.8) is 0 Å². The van der Waals surface area contributed by atoms with Crippen LogP contribution in [0, 0.1) is 0 Å². The highest BCUT2D eigenvalue weighted by Crippen LogP contribution is 2.26. The number of amides is 1. The molecule has 2 aromatic carbocycles. The number of carbonyl (C=O) groups is 1. The number of anilines is 3. The monoisotopic (exact) mass is 441 g/mol. The van der Waals surface area contributed by atoms with Crippen molar-refractivity contribution in [1.82, 2.24) is 4.98 Å². The van der Waals surface area contributed by atoms with Crippen molar-refractivity contribution in [3.05, 3.63) is 63.6 Å². The quantitative estimate of drug-likeness (QED) is 0.590.